The van der Waals surface area contributed by atoms with Gasteiger partial charge in [0.15, 0.2) is 5.82 Å². The van der Waals surface area contributed by atoms with Crippen LogP contribution in [0.5, 0.6) is 0 Å². The van der Waals surface area contributed by atoms with Gasteiger partial charge in [-0.15, -0.1) is 0 Å². The molecule has 9 heteroatoms. The van der Waals surface area contributed by atoms with E-state index in [4.69, 9.17) is 21.4 Å². The molecule has 1 amide bonds. The van der Waals surface area contributed by atoms with Crippen molar-refractivity contribution >= 4 is 28.1 Å². The van der Waals surface area contributed by atoms with E-state index in [-0.39, 0.29) is 11.8 Å². The Morgan fingerprint density at radius 3 is 2.42 bits per heavy atom. The second-order valence-corrected chi connectivity index (χ2v) is 12.3. The van der Waals surface area contributed by atoms with Crippen LogP contribution in [0, 0.1) is 18.8 Å². The number of carbonyl (C=O) groups excluding carboxylic acids is 1. The molecule has 4 heterocycles. The van der Waals surface area contributed by atoms with Gasteiger partial charge in [0.1, 0.15) is 23.4 Å². The Morgan fingerprint density at radius 2 is 1.67 bits per heavy atom. The Hall–Kier alpha value is -4.37. The molecule has 1 saturated carbocycles. The maximum absolute atomic E-state index is 11.5. The third-order valence-corrected chi connectivity index (χ3v) is 9.64. The number of fused-ring (bicyclic) bond motifs is 2. The van der Waals surface area contributed by atoms with Crippen molar-refractivity contribution in [2.24, 2.45) is 17.6 Å². The van der Waals surface area contributed by atoms with Crippen molar-refractivity contribution in [2.45, 2.75) is 51.4 Å². The molecule has 220 valence electrons. The lowest BCUT2D eigenvalue weighted by molar-refractivity contribution is -0.123. The van der Waals surface area contributed by atoms with Gasteiger partial charge >= 0.3 is 0 Å². The predicted octanol–water partition coefficient (Wildman–Crippen LogP) is 5.37. The van der Waals surface area contributed by atoms with Gasteiger partial charge in [-0.05, 0) is 76.1 Å². The van der Waals surface area contributed by atoms with Crippen molar-refractivity contribution in [3.05, 3.63) is 72.3 Å². The Labute approximate surface area is 251 Å². The standard InChI is InChI=1S/C34H38N8O/c1-21-27(13-11-24-12-14-28(39-29(21)24)23-5-3-2-4-6-23)30-31-32(35)37-20-38-42(31)34(40-30)26-9-7-22(8-10-26)19-41-17-15-25(16-18-41)33(36)43/h2-6,11-14,20,22,25-26H,7-10,15-19H2,1H3,(H2,36,43)(H2,35,37,38). The summed E-state index contributed by atoms with van der Waals surface area (Å²) in [5, 5.41) is 5.73. The van der Waals surface area contributed by atoms with Gasteiger partial charge in [0.25, 0.3) is 0 Å². The van der Waals surface area contributed by atoms with Crippen molar-refractivity contribution < 1.29 is 4.79 Å². The molecule has 43 heavy (non-hydrogen) atoms. The monoisotopic (exact) mass is 574 g/mol. The number of primary amides is 1. The summed E-state index contributed by atoms with van der Waals surface area (Å²) in [5.41, 5.74) is 18.7. The van der Waals surface area contributed by atoms with Crippen LogP contribution in [0.4, 0.5) is 5.82 Å². The molecule has 0 atom stereocenters. The van der Waals surface area contributed by atoms with Gasteiger partial charge in [-0.2, -0.15) is 5.10 Å². The SMILES string of the molecule is Cc1c(-c2nc(C3CCC(CN4CCC(C(N)=O)CC4)CC3)n3ncnc(N)c23)ccc2ccc(-c3ccccc3)nc12. The summed E-state index contributed by atoms with van der Waals surface area (Å²) in [6.07, 6.45) is 7.70. The van der Waals surface area contributed by atoms with Crippen molar-refractivity contribution in [1.82, 2.24) is 29.5 Å². The average molecular weight is 575 g/mol. The number of aromatic nitrogens is 5. The maximum Gasteiger partial charge on any atom is 0.220 e. The Balaban J connectivity index is 1.16. The van der Waals surface area contributed by atoms with Crippen LogP contribution < -0.4 is 11.5 Å². The van der Waals surface area contributed by atoms with Crippen LogP contribution in [-0.2, 0) is 4.79 Å². The fourth-order valence-corrected chi connectivity index (χ4v) is 7.15. The maximum atomic E-state index is 11.5. The van der Waals surface area contributed by atoms with E-state index in [0.29, 0.717) is 17.7 Å². The minimum absolute atomic E-state index is 0.0391. The fourth-order valence-electron chi connectivity index (χ4n) is 7.15. The fraction of sp³-hybridized carbons (Fsp3) is 0.382. The minimum atomic E-state index is -0.150. The summed E-state index contributed by atoms with van der Waals surface area (Å²) in [5.74, 6) is 2.24. The molecule has 4 N–H and O–H groups in total. The Bertz CT molecular complexity index is 1780. The van der Waals surface area contributed by atoms with Crippen LogP contribution in [-0.4, -0.2) is 55.0 Å². The first-order valence-corrected chi connectivity index (χ1v) is 15.4. The second-order valence-electron chi connectivity index (χ2n) is 12.3. The number of hydrogen-bond donors (Lipinski definition) is 2. The molecule has 2 aromatic carbocycles. The van der Waals surface area contributed by atoms with Crippen molar-refractivity contribution in [3.8, 4) is 22.5 Å². The molecule has 0 bridgehead atoms. The van der Waals surface area contributed by atoms with Crippen molar-refractivity contribution in [1.29, 1.82) is 0 Å². The molecule has 1 aliphatic heterocycles. The molecule has 0 spiro atoms. The lowest BCUT2D eigenvalue weighted by atomic mass is 9.81. The van der Waals surface area contributed by atoms with Gasteiger partial charge in [-0.1, -0.05) is 48.5 Å². The number of anilines is 1. The molecular formula is C34H38N8O. The minimum Gasteiger partial charge on any atom is -0.382 e. The van der Waals surface area contributed by atoms with E-state index in [1.807, 2.05) is 22.7 Å². The highest BCUT2D eigenvalue weighted by Gasteiger charge is 2.31. The number of nitrogens with zero attached hydrogens (tertiary/aromatic N) is 6. The van der Waals surface area contributed by atoms with Crippen LogP contribution in [0.3, 0.4) is 0 Å². The average Bonchev–Trinajstić information content (AvgIpc) is 3.43. The number of carbonyl (C=O) groups is 1. The first kappa shape index (κ1) is 27.5. The topological polar surface area (TPSA) is 128 Å². The highest BCUT2D eigenvalue weighted by molar-refractivity contribution is 5.94. The predicted molar refractivity (Wildman–Crippen MR) is 169 cm³/mol. The number of hydrogen-bond acceptors (Lipinski definition) is 7. The lowest BCUT2D eigenvalue weighted by Gasteiger charge is -2.35. The number of piperidine rings is 1. The zero-order valence-electron chi connectivity index (χ0n) is 24.6. The van der Waals surface area contributed by atoms with E-state index in [9.17, 15) is 4.79 Å². The van der Waals surface area contributed by atoms with Gasteiger partial charge in [0.2, 0.25) is 5.91 Å². The van der Waals surface area contributed by atoms with Gasteiger partial charge in [0, 0.05) is 34.9 Å². The number of nitrogen functional groups attached to an aromatic ring is 1. The molecule has 5 aromatic rings. The number of imidazole rings is 1. The van der Waals surface area contributed by atoms with Gasteiger partial charge < -0.3 is 16.4 Å². The highest BCUT2D eigenvalue weighted by atomic mass is 16.1. The van der Waals surface area contributed by atoms with Crippen LogP contribution in [0.15, 0.2) is 60.9 Å². The first-order chi connectivity index (χ1) is 21.0. The number of pyridine rings is 1. The largest absolute Gasteiger partial charge is 0.382 e. The summed E-state index contributed by atoms with van der Waals surface area (Å²) in [7, 11) is 0. The van der Waals surface area contributed by atoms with E-state index >= 15 is 0 Å². The van der Waals surface area contributed by atoms with Crippen LogP contribution in [0.2, 0.25) is 0 Å². The molecule has 3 aromatic heterocycles. The summed E-state index contributed by atoms with van der Waals surface area (Å²) in [6, 6.07) is 18.7. The number of rotatable bonds is 6. The van der Waals surface area contributed by atoms with E-state index in [1.165, 1.54) is 6.33 Å². The van der Waals surface area contributed by atoms with E-state index in [0.717, 1.165) is 108 Å². The van der Waals surface area contributed by atoms with Crippen LogP contribution in [0.1, 0.15) is 55.8 Å². The number of amides is 1. The molecular weight excluding hydrogens is 536 g/mol. The number of likely N-dealkylation sites (tertiary alicyclic amines) is 1. The highest BCUT2D eigenvalue weighted by Crippen LogP contribution is 2.40. The van der Waals surface area contributed by atoms with Gasteiger partial charge in [0.05, 0.1) is 11.2 Å². The quantitative estimate of drug-likeness (QED) is 0.279. The molecule has 0 radical (unpaired) electrons. The summed E-state index contributed by atoms with van der Waals surface area (Å²) in [6.45, 7) is 5.13. The molecule has 7 rings (SSSR count). The normalized spacial score (nSPS) is 20.1. The zero-order valence-corrected chi connectivity index (χ0v) is 24.6. The third-order valence-electron chi connectivity index (χ3n) is 9.64. The zero-order chi connectivity index (χ0) is 29.5. The lowest BCUT2D eigenvalue weighted by Crippen LogP contribution is -2.41. The van der Waals surface area contributed by atoms with Crippen molar-refractivity contribution in [2.75, 3.05) is 25.4 Å². The molecule has 9 nitrogen and oxygen atoms in total. The number of benzene rings is 2. The van der Waals surface area contributed by atoms with E-state index in [1.54, 1.807) is 0 Å². The molecule has 2 aliphatic rings. The number of aryl methyl sites for hydroxylation is 1. The van der Waals surface area contributed by atoms with Crippen molar-refractivity contribution in [3.63, 3.8) is 0 Å². The third kappa shape index (κ3) is 5.22. The molecule has 1 saturated heterocycles. The Kier molecular flexibility index (Phi) is 7.26. The number of nitrogens with two attached hydrogens (primary N) is 2. The van der Waals surface area contributed by atoms with E-state index in [2.05, 4.69) is 58.3 Å². The second kappa shape index (κ2) is 11.4. The summed E-state index contributed by atoms with van der Waals surface area (Å²) in [4.78, 5) is 28.7. The van der Waals surface area contributed by atoms with Gasteiger partial charge in [-0.25, -0.2) is 19.5 Å². The van der Waals surface area contributed by atoms with Crippen LogP contribution >= 0.6 is 0 Å². The van der Waals surface area contributed by atoms with Crippen LogP contribution in [0.25, 0.3) is 38.9 Å². The Morgan fingerprint density at radius 1 is 0.930 bits per heavy atom. The molecule has 1 aliphatic carbocycles. The smallest absolute Gasteiger partial charge is 0.220 e. The summed E-state index contributed by atoms with van der Waals surface area (Å²) < 4.78 is 1.93. The van der Waals surface area contributed by atoms with Gasteiger partial charge in [-0.3, -0.25) is 4.79 Å². The first-order valence-electron chi connectivity index (χ1n) is 15.4. The molecule has 2 fully saturated rings. The van der Waals surface area contributed by atoms with E-state index < -0.39 is 0 Å². The molecule has 0 unspecified atom stereocenters. The summed E-state index contributed by atoms with van der Waals surface area (Å²) >= 11 is 0.